The van der Waals surface area contributed by atoms with Crippen LogP contribution in [0.4, 0.5) is 0 Å². The first-order chi connectivity index (χ1) is 7.67. The molecule has 1 rings (SSSR count). The summed E-state index contributed by atoms with van der Waals surface area (Å²) in [5.74, 6) is 1.43. The molecule has 0 bridgehead atoms. The monoisotopic (exact) mass is 306 g/mol. The fraction of sp³-hybridized carbons (Fsp3) is 0.455. The quantitative estimate of drug-likeness (QED) is 0.670. The molecule has 90 valence electrons. The second-order valence-electron chi connectivity index (χ2n) is 3.12. The van der Waals surface area contributed by atoms with Gasteiger partial charge in [-0.1, -0.05) is 15.9 Å². The summed E-state index contributed by atoms with van der Waals surface area (Å²) in [7, 11) is 3.21. The van der Waals surface area contributed by atoms with Crippen LogP contribution in [0.25, 0.3) is 0 Å². The predicted molar refractivity (Wildman–Crippen MR) is 70.1 cm³/mol. The van der Waals surface area contributed by atoms with E-state index in [0.29, 0.717) is 11.1 Å². The molecule has 3 nitrogen and oxygen atoms in total. The molecule has 1 atom stereocenters. The van der Waals surface area contributed by atoms with Crippen LogP contribution < -0.4 is 9.47 Å². The number of hydrogen-bond acceptors (Lipinski definition) is 4. The summed E-state index contributed by atoms with van der Waals surface area (Å²) in [6.45, 7) is 0. The van der Waals surface area contributed by atoms with Gasteiger partial charge in [-0.25, -0.2) is 0 Å². The number of rotatable bonds is 5. The molecule has 16 heavy (non-hydrogen) atoms. The zero-order valence-electron chi connectivity index (χ0n) is 9.49. The summed E-state index contributed by atoms with van der Waals surface area (Å²) in [5, 5.41) is 10.3. The minimum absolute atomic E-state index is 0.463. The lowest BCUT2D eigenvalue weighted by Crippen LogP contribution is -2.03. The number of alkyl halides is 1. The molecular formula is C11H15BrO3S. The number of aliphatic hydroxyl groups is 1. The Morgan fingerprint density at radius 2 is 1.94 bits per heavy atom. The van der Waals surface area contributed by atoms with Crippen LogP contribution >= 0.6 is 27.7 Å². The van der Waals surface area contributed by atoms with Gasteiger partial charge in [-0.3, -0.25) is 0 Å². The van der Waals surface area contributed by atoms with Gasteiger partial charge in [0.05, 0.1) is 25.2 Å². The van der Waals surface area contributed by atoms with Gasteiger partial charge in [0.2, 0.25) is 0 Å². The maximum Gasteiger partial charge on any atom is 0.133 e. The summed E-state index contributed by atoms with van der Waals surface area (Å²) in [5.41, 5.74) is 0.731. The van der Waals surface area contributed by atoms with E-state index in [2.05, 4.69) is 15.9 Å². The van der Waals surface area contributed by atoms with Crippen LogP contribution in [0.5, 0.6) is 11.5 Å². The molecule has 0 aromatic heterocycles. The van der Waals surface area contributed by atoms with Crippen LogP contribution in [-0.4, -0.2) is 30.9 Å². The smallest absolute Gasteiger partial charge is 0.133 e. The Balaban J connectivity index is 3.25. The number of ether oxygens (including phenoxy) is 2. The van der Waals surface area contributed by atoms with E-state index in [9.17, 15) is 5.11 Å². The van der Waals surface area contributed by atoms with E-state index in [1.807, 2.05) is 18.4 Å². The van der Waals surface area contributed by atoms with E-state index >= 15 is 0 Å². The molecule has 0 spiro atoms. The first kappa shape index (κ1) is 13.7. The van der Waals surface area contributed by atoms with Gasteiger partial charge < -0.3 is 14.6 Å². The minimum atomic E-state index is -0.597. The molecule has 1 N–H and O–H groups in total. The summed E-state index contributed by atoms with van der Waals surface area (Å²) in [6.07, 6.45) is 1.37. The molecule has 1 aromatic carbocycles. The fourth-order valence-electron chi connectivity index (χ4n) is 1.40. The SMILES string of the molecule is COc1cc(C(O)CBr)c(OC)cc1SC. The third-order valence-corrected chi connectivity index (χ3v) is 3.61. The molecule has 1 unspecified atom stereocenters. The third-order valence-electron chi connectivity index (χ3n) is 2.24. The van der Waals surface area contributed by atoms with Gasteiger partial charge in [0, 0.05) is 10.9 Å². The van der Waals surface area contributed by atoms with Gasteiger partial charge in [-0.15, -0.1) is 11.8 Å². The summed E-state index contributed by atoms with van der Waals surface area (Å²) >= 11 is 4.82. The highest BCUT2D eigenvalue weighted by Gasteiger charge is 2.16. The van der Waals surface area contributed by atoms with Crippen molar-refractivity contribution < 1.29 is 14.6 Å². The van der Waals surface area contributed by atoms with Crippen molar-refractivity contribution in [2.75, 3.05) is 25.8 Å². The molecule has 5 heteroatoms. The highest BCUT2D eigenvalue weighted by Crippen LogP contribution is 2.37. The number of benzene rings is 1. The zero-order chi connectivity index (χ0) is 12.1. The van der Waals surface area contributed by atoms with Crippen molar-refractivity contribution in [2.24, 2.45) is 0 Å². The van der Waals surface area contributed by atoms with E-state index in [4.69, 9.17) is 9.47 Å². The topological polar surface area (TPSA) is 38.7 Å². The Kier molecular flexibility index (Phi) is 5.44. The maximum atomic E-state index is 9.84. The molecule has 1 aromatic rings. The van der Waals surface area contributed by atoms with Gasteiger partial charge in [0.25, 0.3) is 0 Å². The van der Waals surface area contributed by atoms with E-state index in [1.165, 1.54) is 0 Å². The summed E-state index contributed by atoms with van der Waals surface area (Å²) in [6, 6.07) is 3.70. The van der Waals surface area contributed by atoms with E-state index < -0.39 is 6.10 Å². The van der Waals surface area contributed by atoms with Gasteiger partial charge in [0.15, 0.2) is 0 Å². The zero-order valence-corrected chi connectivity index (χ0v) is 11.9. The molecule has 0 amide bonds. The van der Waals surface area contributed by atoms with Gasteiger partial charge in [-0.05, 0) is 18.4 Å². The average molecular weight is 307 g/mol. The van der Waals surface area contributed by atoms with Gasteiger partial charge >= 0.3 is 0 Å². The largest absolute Gasteiger partial charge is 0.496 e. The number of methoxy groups -OCH3 is 2. The molecule has 0 radical (unpaired) electrons. The van der Waals surface area contributed by atoms with Crippen LogP contribution in [0, 0.1) is 0 Å². The Labute approximate surface area is 108 Å². The minimum Gasteiger partial charge on any atom is -0.496 e. The molecule has 0 saturated heterocycles. The number of hydrogen-bond donors (Lipinski definition) is 1. The standard InChI is InChI=1S/C11H15BrO3S/c1-14-9-5-11(16-3)10(15-2)4-7(9)8(13)6-12/h4-5,8,13H,6H2,1-3H3. The van der Waals surface area contributed by atoms with Crippen molar-refractivity contribution >= 4 is 27.7 Å². The lowest BCUT2D eigenvalue weighted by atomic mass is 10.1. The molecule has 0 saturated carbocycles. The summed E-state index contributed by atoms with van der Waals surface area (Å²) in [4.78, 5) is 0.991. The third kappa shape index (κ3) is 2.84. The Morgan fingerprint density at radius 1 is 1.31 bits per heavy atom. The molecule has 0 aliphatic rings. The lowest BCUT2D eigenvalue weighted by Gasteiger charge is -2.16. The summed E-state index contributed by atoms with van der Waals surface area (Å²) < 4.78 is 10.5. The van der Waals surface area contributed by atoms with Gasteiger partial charge in [0.1, 0.15) is 11.5 Å². The van der Waals surface area contributed by atoms with E-state index in [0.717, 1.165) is 16.2 Å². The highest BCUT2D eigenvalue weighted by molar-refractivity contribution is 9.09. The fourth-order valence-corrected chi connectivity index (χ4v) is 2.31. The van der Waals surface area contributed by atoms with E-state index in [1.54, 1.807) is 26.0 Å². The molecule has 0 aliphatic carbocycles. The van der Waals surface area contributed by atoms with Gasteiger partial charge in [-0.2, -0.15) is 0 Å². The predicted octanol–water partition coefficient (Wildman–Crippen LogP) is 2.85. The van der Waals surface area contributed by atoms with Crippen LogP contribution in [0.15, 0.2) is 17.0 Å². The van der Waals surface area contributed by atoms with Crippen molar-refractivity contribution in [3.8, 4) is 11.5 Å². The first-order valence-corrected chi connectivity index (χ1v) is 7.06. The van der Waals surface area contributed by atoms with Crippen LogP contribution in [0.2, 0.25) is 0 Å². The molecule has 0 heterocycles. The highest BCUT2D eigenvalue weighted by atomic mass is 79.9. The maximum absolute atomic E-state index is 9.84. The van der Waals surface area contributed by atoms with Crippen LogP contribution in [0.3, 0.4) is 0 Å². The normalized spacial score (nSPS) is 12.3. The first-order valence-electron chi connectivity index (χ1n) is 4.71. The van der Waals surface area contributed by atoms with Crippen LogP contribution in [-0.2, 0) is 0 Å². The van der Waals surface area contributed by atoms with Crippen molar-refractivity contribution in [2.45, 2.75) is 11.0 Å². The lowest BCUT2D eigenvalue weighted by molar-refractivity contribution is 0.199. The van der Waals surface area contributed by atoms with Crippen molar-refractivity contribution in [1.29, 1.82) is 0 Å². The number of thioether (sulfide) groups is 1. The Hall–Kier alpha value is -0.390. The molecule has 0 aliphatic heterocycles. The van der Waals surface area contributed by atoms with E-state index in [-0.39, 0.29) is 0 Å². The molecular weight excluding hydrogens is 292 g/mol. The van der Waals surface area contributed by atoms with Crippen molar-refractivity contribution in [3.05, 3.63) is 17.7 Å². The van der Waals surface area contributed by atoms with Crippen LogP contribution in [0.1, 0.15) is 11.7 Å². The Morgan fingerprint density at radius 3 is 2.38 bits per heavy atom. The van der Waals surface area contributed by atoms with Crippen molar-refractivity contribution in [3.63, 3.8) is 0 Å². The second kappa shape index (κ2) is 6.37. The number of halogens is 1. The Bertz CT molecular complexity index is 357. The van der Waals surface area contributed by atoms with Crippen molar-refractivity contribution in [1.82, 2.24) is 0 Å². The molecule has 0 fully saturated rings. The second-order valence-corrected chi connectivity index (χ2v) is 4.61. The average Bonchev–Trinajstić information content (AvgIpc) is 2.35. The number of aliphatic hydroxyl groups excluding tert-OH is 1.